The lowest BCUT2D eigenvalue weighted by molar-refractivity contribution is 0.0336. The number of hydrogen-bond acceptors (Lipinski definition) is 6. The number of rotatable bonds is 7. The van der Waals surface area contributed by atoms with Crippen molar-refractivity contribution in [2.45, 2.75) is 6.92 Å². The standard InChI is InChI=1S/C13H19NO5/c1-4-18-5-6-19-13(15)9-7-11(16-2)12(17-3)8-10(9)14/h7-8H,4-6,14H2,1-3H3. The Labute approximate surface area is 112 Å². The zero-order chi connectivity index (χ0) is 14.3. The first-order valence-electron chi connectivity index (χ1n) is 5.90. The molecule has 1 aromatic carbocycles. The van der Waals surface area contributed by atoms with Crippen LogP contribution in [0.5, 0.6) is 11.5 Å². The van der Waals surface area contributed by atoms with E-state index in [0.29, 0.717) is 24.7 Å². The number of benzene rings is 1. The Morgan fingerprint density at radius 2 is 1.79 bits per heavy atom. The van der Waals surface area contributed by atoms with Gasteiger partial charge in [0, 0.05) is 18.7 Å². The van der Waals surface area contributed by atoms with Gasteiger partial charge in [0.2, 0.25) is 0 Å². The first kappa shape index (κ1) is 15.1. The van der Waals surface area contributed by atoms with Crippen molar-refractivity contribution in [2.75, 3.05) is 39.8 Å². The molecule has 0 aliphatic heterocycles. The molecule has 0 aliphatic carbocycles. The van der Waals surface area contributed by atoms with Crippen molar-refractivity contribution in [3.63, 3.8) is 0 Å². The van der Waals surface area contributed by atoms with Gasteiger partial charge in [-0.3, -0.25) is 0 Å². The molecule has 6 heteroatoms. The second kappa shape index (κ2) is 7.48. The smallest absolute Gasteiger partial charge is 0.340 e. The van der Waals surface area contributed by atoms with Crippen LogP contribution < -0.4 is 15.2 Å². The van der Waals surface area contributed by atoms with Gasteiger partial charge in [0.1, 0.15) is 6.61 Å². The van der Waals surface area contributed by atoms with E-state index in [4.69, 9.17) is 24.7 Å². The number of nitrogen functional groups attached to an aromatic ring is 1. The summed E-state index contributed by atoms with van der Waals surface area (Å²) >= 11 is 0. The molecule has 0 radical (unpaired) electrons. The second-order valence-electron chi connectivity index (χ2n) is 3.63. The Hall–Kier alpha value is -1.95. The fraction of sp³-hybridized carbons (Fsp3) is 0.462. The maximum atomic E-state index is 11.8. The van der Waals surface area contributed by atoms with Gasteiger partial charge in [0.15, 0.2) is 11.5 Å². The molecule has 2 N–H and O–H groups in total. The second-order valence-corrected chi connectivity index (χ2v) is 3.63. The third-order valence-corrected chi connectivity index (χ3v) is 2.44. The minimum Gasteiger partial charge on any atom is -0.493 e. The highest BCUT2D eigenvalue weighted by molar-refractivity contribution is 5.96. The van der Waals surface area contributed by atoms with Crippen LogP contribution in [0.3, 0.4) is 0 Å². The molecule has 0 bridgehead atoms. The van der Waals surface area contributed by atoms with Crippen LogP contribution in [0.1, 0.15) is 17.3 Å². The normalized spacial score (nSPS) is 10.1. The van der Waals surface area contributed by atoms with Gasteiger partial charge in [-0.2, -0.15) is 0 Å². The largest absolute Gasteiger partial charge is 0.493 e. The number of anilines is 1. The SMILES string of the molecule is CCOCCOC(=O)c1cc(OC)c(OC)cc1N. The first-order valence-corrected chi connectivity index (χ1v) is 5.90. The van der Waals surface area contributed by atoms with Gasteiger partial charge < -0.3 is 24.7 Å². The topological polar surface area (TPSA) is 80.0 Å². The van der Waals surface area contributed by atoms with Crippen LogP contribution in [0.25, 0.3) is 0 Å². The monoisotopic (exact) mass is 269 g/mol. The molecule has 0 saturated heterocycles. The van der Waals surface area contributed by atoms with Crippen LogP contribution >= 0.6 is 0 Å². The molecule has 0 fully saturated rings. The van der Waals surface area contributed by atoms with E-state index in [1.54, 1.807) is 0 Å². The number of methoxy groups -OCH3 is 2. The Bertz CT molecular complexity index is 433. The lowest BCUT2D eigenvalue weighted by Gasteiger charge is -2.12. The molecule has 19 heavy (non-hydrogen) atoms. The number of nitrogens with two attached hydrogens (primary N) is 1. The zero-order valence-electron chi connectivity index (χ0n) is 11.4. The molecule has 0 spiro atoms. The van der Waals surface area contributed by atoms with Gasteiger partial charge in [-0.15, -0.1) is 0 Å². The van der Waals surface area contributed by atoms with Gasteiger partial charge in [0.25, 0.3) is 0 Å². The highest BCUT2D eigenvalue weighted by Crippen LogP contribution is 2.32. The van der Waals surface area contributed by atoms with Crippen LogP contribution in [0.4, 0.5) is 5.69 Å². The molecule has 6 nitrogen and oxygen atoms in total. The highest BCUT2D eigenvalue weighted by atomic mass is 16.6. The van der Waals surface area contributed by atoms with E-state index in [9.17, 15) is 4.79 Å². The Kier molecular flexibility index (Phi) is 5.95. The molecule has 0 amide bonds. The van der Waals surface area contributed by atoms with Crippen molar-refractivity contribution in [1.29, 1.82) is 0 Å². The quantitative estimate of drug-likeness (QED) is 0.459. The van der Waals surface area contributed by atoms with Gasteiger partial charge in [-0.1, -0.05) is 0 Å². The lowest BCUT2D eigenvalue weighted by Crippen LogP contribution is -2.13. The summed E-state index contributed by atoms with van der Waals surface area (Å²) in [6.07, 6.45) is 0. The molecule has 0 heterocycles. The van der Waals surface area contributed by atoms with Crippen LogP contribution in [-0.4, -0.2) is 40.0 Å². The highest BCUT2D eigenvalue weighted by Gasteiger charge is 2.16. The minimum absolute atomic E-state index is 0.181. The van der Waals surface area contributed by atoms with Crippen LogP contribution in [0.15, 0.2) is 12.1 Å². The van der Waals surface area contributed by atoms with Gasteiger partial charge >= 0.3 is 5.97 Å². The number of ether oxygens (including phenoxy) is 4. The zero-order valence-corrected chi connectivity index (χ0v) is 11.4. The summed E-state index contributed by atoms with van der Waals surface area (Å²) in [5.41, 5.74) is 6.31. The van der Waals surface area contributed by atoms with Crippen molar-refractivity contribution in [2.24, 2.45) is 0 Å². The summed E-state index contributed by atoms with van der Waals surface area (Å²) in [6, 6.07) is 3.02. The third-order valence-electron chi connectivity index (χ3n) is 2.44. The molecule has 0 unspecified atom stereocenters. The molecule has 1 rings (SSSR count). The van der Waals surface area contributed by atoms with Crippen LogP contribution in [0.2, 0.25) is 0 Å². The lowest BCUT2D eigenvalue weighted by atomic mass is 10.1. The summed E-state index contributed by atoms with van der Waals surface area (Å²) in [5.74, 6) is 0.373. The molecular formula is C13H19NO5. The van der Waals surface area contributed by atoms with Gasteiger partial charge in [0.05, 0.1) is 32.1 Å². The van der Waals surface area contributed by atoms with E-state index in [1.807, 2.05) is 6.92 Å². The number of carbonyl (C=O) groups is 1. The molecular weight excluding hydrogens is 250 g/mol. The van der Waals surface area contributed by atoms with E-state index < -0.39 is 5.97 Å². The van der Waals surface area contributed by atoms with Gasteiger partial charge in [-0.25, -0.2) is 4.79 Å². The van der Waals surface area contributed by atoms with E-state index in [2.05, 4.69) is 0 Å². The maximum Gasteiger partial charge on any atom is 0.340 e. The predicted molar refractivity (Wildman–Crippen MR) is 70.7 cm³/mol. The number of hydrogen-bond donors (Lipinski definition) is 1. The van der Waals surface area contributed by atoms with Crippen LogP contribution in [0, 0.1) is 0 Å². The Morgan fingerprint density at radius 1 is 1.16 bits per heavy atom. The van der Waals surface area contributed by atoms with Crippen LogP contribution in [-0.2, 0) is 9.47 Å². The Morgan fingerprint density at radius 3 is 2.37 bits per heavy atom. The summed E-state index contributed by atoms with van der Waals surface area (Å²) in [4.78, 5) is 11.8. The van der Waals surface area contributed by atoms with Gasteiger partial charge in [-0.05, 0) is 6.92 Å². The van der Waals surface area contributed by atoms with Crippen molar-refractivity contribution >= 4 is 11.7 Å². The van der Waals surface area contributed by atoms with Crippen molar-refractivity contribution in [3.8, 4) is 11.5 Å². The summed E-state index contributed by atoms with van der Waals surface area (Å²) < 4.78 is 20.3. The van der Waals surface area contributed by atoms with E-state index in [0.717, 1.165) is 0 Å². The fourth-order valence-corrected chi connectivity index (χ4v) is 1.49. The molecule has 106 valence electrons. The van der Waals surface area contributed by atoms with Crippen molar-refractivity contribution in [3.05, 3.63) is 17.7 Å². The van der Waals surface area contributed by atoms with E-state index >= 15 is 0 Å². The Balaban J connectivity index is 2.79. The average Bonchev–Trinajstić information content (AvgIpc) is 2.42. The predicted octanol–water partition coefficient (Wildman–Crippen LogP) is 1.48. The molecule has 0 aromatic heterocycles. The molecule has 1 aromatic rings. The van der Waals surface area contributed by atoms with Crippen molar-refractivity contribution in [1.82, 2.24) is 0 Å². The number of carbonyl (C=O) groups excluding carboxylic acids is 1. The summed E-state index contributed by atoms with van der Waals surface area (Å²) in [5, 5.41) is 0. The maximum absolute atomic E-state index is 11.8. The van der Waals surface area contributed by atoms with E-state index in [1.165, 1.54) is 26.4 Å². The average molecular weight is 269 g/mol. The molecule has 0 aliphatic rings. The van der Waals surface area contributed by atoms with E-state index in [-0.39, 0.29) is 17.9 Å². The minimum atomic E-state index is -0.516. The summed E-state index contributed by atoms with van der Waals surface area (Å²) in [6.45, 7) is 2.99. The van der Waals surface area contributed by atoms with Crippen molar-refractivity contribution < 1.29 is 23.7 Å². The first-order chi connectivity index (χ1) is 9.13. The number of esters is 1. The fourth-order valence-electron chi connectivity index (χ4n) is 1.49. The third kappa shape index (κ3) is 4.03. The summed E-state index contributed by atoms with van der Waals surface area (Å²) in [7, 11) is 2.98. The molecule has 0 saturated carbocycles. The molecule has 0 atom stereocenters.